The maximum absolute atomic E-state index is 12.8. The largest absolute Gasteiger partial charge is 0.325 e. The second kappa shape index (κ2) is 6.22. The van der Waals surface area contributed by atoms with Gasteiger partial charge in [-0.3, -0.25) is 4.90 Å². The average molecular weight is 294 g/mol. The van der Waals surface area contributed by atoms with Crippen molar-refractivity contribution in [2.75, 3.05) is 11.4 Å². The molecule has 0 N–H and O–H groups in total. The number of amides is 2. The molecule has 0 spiro atoms. The van der Waals surface area contributed by atoms with Gasteiger partial charge >= 0.3 is 6.03 Å². The third kappa shape index (κ3) is 2.84. The number of urea groups is 1. The van der Waals surface area contributed by atoms with Crippen LogP contribution in [0.25, 0.3) is 0 Å². The van der Waals surface area contributed by atoms with Gasteiger partial charge in [-0.25, -0.2) is 4.79 Å². The zero-order valence-corrected chi connectivity index (χ0v) is 13.2. The lowest BCUT2D eigenvalue weighted by Gasteiger charge is -2.39. The first-order chi connectivity index (χ1) is 10.7. The van der Waals surface area contributed by atoms with Gasteiger partial charge in [-0.2, -0.15) is 0 Å². The molecule has 1 aliphatic heterocycles. The van der Waals surface area contributed by atoms with Crippen molar-refractivity contribution < 1.29 is 4.79 Å². The van der Waals surface area contributed by atoms with E-state index >= 15 is 0 Å². The van der Waals surface area contributed by atoms with Crippen molar-refractivity contribution in [2.45, 2.75) is 32.9 Å². The maximum atomic E-state index is 12.8. The van der Waals surface area contributed by atoms with Gasteiger partial charge in [0.2, 0.25) is 0 Å². The molecule has 22 heavy (non-hydrogen) atoms. The van der Waals surface area contributed by atoms with Crippen molar-refractivity contribution in [1.29, 1.82) is 0 Å². The van der Waals surface area contributed by atoms with Crippen LogP contribution in [0.5, 0.6) is 0 Å². The fraction of sp³-hybridized carbons (Fsp3) is 0.316. The summed E-state index contributed by atoms with van der Waals surface area (Å²) < 4.78 is 0. The summed E-state index contributed by atoms with van der Waals surface area (Å²) in [4.78, 5) is 16.7. The summed E-state index contributed by atoms with van der Waals surface area (Å²) in [5.41, 5.74) is 3.55. The molecule has 0 unspecified atom stereocenters. The first-order valence-electron chi connectivity index (χ1n) is 7.87. The number of anilines is 1. The summed E-state index contributed by atoms with van der Waals surface area (Å²) in [6.07, 6.45) is 0.890. The zero-order chi connectivity index (χ0) is 15.5. The first kappa shape index (κ1) is 14.6. The molecule has 0 atom stereocenters. The van der Waals surface area contributed by atoms with Crippen LogP contribution in [0.15, 0.2) is 54.6 Å². The summed E-state index contributed by atoms with van der Waals surface area (Å²) in [5.74, 6) is 0. The summed E-state index contributed by atoms with van der Waals surface area (Å²) in [7, 11) is 0. The van der Waals surface area contributed by atoms with E-state index in [0.29, 0.717) is 6.54 Å². The number of hydrogen-bond donors (Lipinski definition) is 0. The number of nitrogens with zero attached hydrogens (tertiary/aromatic N) is 2. The lowest BCUT2D eigenvalue weighted by molar-refractivity contribution is 0.197. The summed E-state index contributed by atoms with van der Waals surface area (Å²) in [6.45, 7) is 5.58. The molecule has 0 bridgehead atoms. The predicted molar refractivity (Wildman–Crippen MR) is 90.0 cm³/mol. The van der Waals surface area contributed by atoms with Gasteiger partial charge in [-0.15, -0.1) is 0 Å². The average Bonchev–Trinajstić information content (AvgIpc) is 2.53. The molecule has 1 heterocycles. The smallest absolute Gasteiger partial charge is 0.320 e. The summed E-state index contributed by atoms with van der Waals surface area (Å²) in [6, 6.07) is 18.8. The van der Waals surface area contributed by atoms with Crippen molar-refractivity contribution in [3.63, 3.8) is 0 Å². The molecule has 2 aromatic rings. The number of carbonyl (C=O) groups excluding carboxylic acids is 1. The monoisotopic (exact) mass is 294 g/mol. The van der Waals surface area contributed by atoms with E-state index in [0.717, 1.165) is 18.7 Å². The topological polar surface area (TPSA) is 23.6 Å². The van der Waals surface area contributed by atoms with Gasteiger partial charge in [0.15, 0.2) is 0 Å². The number of carbonyl (C=O) groups is 1. The van der Waals surface area contributed by atoms with E-state index in [-0.39, 0.29) is 12.1 Å². The van der Waals surface area contributed by atoms with Crippen LogP contribution in [-0.2, 0) is 13.0 Å². The minimum Gasteiger partial charge on any atom is -0.320 e. The van der Waals surface area contributed by atoms with Crippen LogP contribution in [-0.4, -0.2) is 23.5 Å². The molecule has 2 amide bonds. The van der Waals surface area contributed by atoms with Crippen LogP contribution in [0.4, 0.5) is 10.5 Å². The van der Waals surface area contributed by atoms with Gasteiger partial charge in [-0.1, -0.05) is 48.5 Å². The molecule has 3 nitrogen and oxygen atoms in total. The van der Waals surface area contributed by atoms with Gasteiger partial charge in [0.1, 0.15) is 0 Å². The van der Waals surface area contributed by atoms with Crippen molar-refractivity contribution >= 4 is 11.7 Å². The highest BCUT2D eigenvalue weighted by molar-refractivity contribution is 5.95. The van der Waals surface area contributed by atoms with Crippen LogP contribution >= 0.6 is 0 Å². The van der Waals surface area contributed by atoms with E-state index in [1.807, 2.05) is 46.2 Å². The Kier molecular flexibility index (Phi) is 4.14. The van der Waals surface area contributed by atoms with E-state index in [1.54, 1.807) is 0 Å². The van der Waals surface area contributed by atoms with Crippen molar-refractivity contribution in [3.05, 3.63) is 65.7 Å². The Morgan fingerprint density at radius 1 is 1.00 bits per heavy atom. The lowest BCUT2D eigenvalue weighted by atomic mass is 10.1. The Balaban J connectivity index is 1.80. The predicted octanol–water partition coefficient (Wildman–Crippen LogP) is 4.08. The minimum absolute atomic E-state index is 0.115. The summed E-state index contributed by atoms with van der Waals surface area (Å²) >= 11 is 0. The van der Waals surface area contributed by atoms with Crippen LogP contribution < -0.4 is 4.90 Å². The molecule has 3 heteroatoms. The number of rotatable bonds is 4. The van der Waals surface area contributed by atoms with Crippen LogP contribution in [0.2, 0.25) is 0 Å². The SMILES string of the molecule is CC(C)N1C(=O)N(CCc2ccccc2)Cc2ccccc21. The maximum Gasteiger partial charge on any atom is 0.325 e. The van der Waals surface area contributed by atoms with Gasteiger partial charge in [0.25, 0.3) is 0 Å². The number of benzene rings is 2. The molecule has 0 saturated carbocycles. The zero-order valence-electron chi connectivity index (χ0n) is 13.2. The van der Waals surface area contributed by atoms with Gasteiger partial charge in [-0.05, 0) is 37.5 Å². The molecular formula is C19H22N2O. The highest BCUT2D eigenvalue weighted by Gasteiger charge is 2.31. The van der Waals surface area contributed by atoms with Crippen LogP contribution in [0, 0.1) is 0 Å². The van der Waals surface area contributed by atoms with E-state index < -0.39 is 0 Å². The Labute approximate surface area is 132 Å². The van der Waals surface area contributed by atoms with Gasteiger partial charge < -0.3 is 4.90 Å². The molecule has 1 aliphatic rings. The summed E-state index contributed by atoms with van der Waals surface area (Å²) in [5, 5.41) is 0. The Morgan fingerprint density at radius 2 is 1.68 bits per heavy atom. The third-order valence-corrected chi connectivity index (χ3v) is 4.12. The van der Waals surface area contributed by atoms with Crippen LogP contribution in [0.3, 0.4) is 0 Å². The molecule has 3 rings (SSSR count). The van der Waals surface area contributed by atoms with E-state index in [2.05, 4.69) is 32.0 Å². The fourth-order valence-electron chi connectivity index (χ4n) is 2.99. The van der Waals surface area contributed by atoms with Crippen molar-refractivity contribution in [2.24, 2.45) is 0 Å². The second-order valence-electron chi connectivity index (χ2n) is 6.03. The lowest BCUT2D eigenvalue weighted by Crippen LogP contribution is -2.50. The number of para-hydroxylation sites is 1. The van der Waals surface area contributed by atoms with Crippen LogP contribution in [0.1, 0.15) is 25.0 Å². The van der Waals surface area contributed by atoms with Crippen molar-refractivity contribution in [1.82, 2.24) is 4.90 Å². The molecular weight excluding hydrogens is 272 g/mol. The standard InChI is InChI=1S/C19H22N2O/c1-15(2)21-18-11-7-6-10-17(18)14-20(19(21)22)13-12-16-8-4-3-5-9-16/h3-11,15H,12-14H2,1-2H3. The van der Waals surface area contributed by atoms with E-state index in [4.69, 9.17) is 0 Å². The Hall–Kier alpha value is -2.29. The molecule has 0 saturated heterocycles. The van der Waals surface area contributed by atoms with Crippen molar-refractivity contribution in [3.8, 4) is 0 Å². The fourth-order valence-corrected chi connectivity index (χ4v) is 2.99. The highest BCUT2D eigenvalue weighted by atomic mass is 16.2. The molecule has 114 valence electrons. The third-order valence-electron chi connectivity index (χ3n) is 4.12. The molecule has 0 aliphatic carbocycles. The Morgan fingerprint density at radius 3 is 2.41 bits per heavy atom. The molecule has 0 fully saturated rings. The number of hydrogen-bond acceptors (Lipinski definition) is 1. The normalized spacial score (nSPS) is 14.4. The van der Waals surface area contributed by atoms with Gasteiger partial charge in [0, 0.05) is 19.1 Å². The quantitative estimate of drug-likeness (QED) is 0.833. The number of fused-ring (bicyclic) bond motifs is 1. The minimum atomic E-state index is 0.115. The first-order valence-corrected chi connectivity index (χ1v) is 7.87. The Bertz CT molecular complexity index is 651. The molecule has 0 radical (unpaired) electrons. The van der Waals surface area contributed by atoms with Gasteiger partial charge in [0.05, 0.1) is 5.69 Å². The highest BCUT2D eigenvalue weighted by Crippen LogP contribution is 2.30. The molecule has 2 aromatic carbocycles. The van der Waals surface area contributed by atoms with E-state index in [9.17, 15) is 4.79 Å². The van der Waals surface area contributed by atoms with E-state index in [1.165, 1.54) is 11.1 Å². The second-order valence-corrected chi connectivity index (χ2v) is 6.03. The molecule has 0 aromatic heterocycles.